The average molecular weight is 524 g/mol. The van der Waals surface area contributed by atoms with Gasteiger partial charge in [0.2, 0.25) is 0 Å². The molecule has 0 unspecified atom stereocenters. The molecule has 4 rings (SSSR count). The second kappa shape index (κ2) is 8.23. The van der Waals surface area contributed by atoms with Crippen LogP contribution >= 0.6 is 15.9 Å². The standard InChI is InChI=1S/C23H27BrN2O3S2/c1-15-8-11-17(12-9-15)31(28,29)26-20-13-10-16(24)14-18(20)22-19(6-5-7-21(22)26)25-30(27)23(2,3)4/h8-14,19,25H,5-7H2,1-4H3/t19-,30-/m1/s1. The zero-order valence-corrected chi connectivity index (χ0v) is 21.3. The Morgan fingerprint density at radius 3 is 2.48 bits per heavy atom. The molecule has 31 heavy (non-hydrogen) atoms. The zero-order chi connectivity index (χ0) is 22.6. The predicted molar refractivity (Wildman–Crippen MR) is 130 cm³/mol. The van der Waals surface area contributed by atoms with Gasteiger partial charge >= 0.3 is 0 Å². The molecule has 2 atom stereocenters. The summed E-state index contributed by atoms with van der Waals surface area (Å²) in [5.41, 5.74) is 3.39. The van der Waals surface area contributed by atoms with Crippen LogP contribution in [0.3, 0.4) is 0 Å². The first-order valence-electron chi connectivity index (χ1n) is 10.3. The predicted octanol–water partition coefficient (Wildman–Crippen LogP) is 5.38. The van der Waals surface area contributed by atoms with Gasteiger partial charge in [0.1, 0.15) is 4.75 Å². The van der Waals surface area contributed by atoms with E-state index in [1.165, 1.54) is 3.97 Å². The van der Waals surface area contributed by atoms with Crippen molar-refractivity contribution < 1.29 is 13.0 Å². The highest BCUT2D eigenvalue weighted by molar-refractivity contribution is 9.10. The second-order valence-electron chi connectivity index (χ2n) is 9.05. The van der Waals surface area contributed by atoms with Gasteiger partial charge in [-0.3, -0.25) is 0 Å². The number of fused-ring (bicyclic) bond motifs is 3. The lowest BCUT2D eigenvalue weighted by Gasteiger charge is -2.30. The number of nitrogens with one attached hydrogen (secondary N) is 1. The number of nitrogens with zero attached hydrogens (tertiary/aromatic N) is 1. The Labute approximate surface area is 195 Å². The van der Waals surface area contributed by atoms with Crippen molar-refractivity contribution in [3.8, 4) is 0 Å². The van der Waals surface area contributed by atoms with Gasteiger partial charge < -0.3 is 4.55 Å². The first-order chi connectivity index (χ1) is 14.5. The summed E-state index contributed by atoms with van der Waals surface area (Å²) in [6.07, 6.45) is 2.30. The summed E-state index contributed by atoms with van der Waals surface area (Å²) >= 11 is 2.27. The van der Waals surface area contributed by atoms with E-state index in [1.54, 1.807) is 12.1 Å². The number of halogens is 1. The zero-order valence-electron chi connectivity index (χ0n) is 18.1. The highest BCUT2D eigenvalue weighted by Gasteiger charge is 2.36. The number of rotatable bonds is 4. The van der Waals surface area contributed by atoms with Crippen LogP contribution in [0.15, 0.2) is 51.8 Å². The van der Waals surface area contributed by atoms with Gasteiger partial charge in [-0.05, 0) is 77.3 Å². The van der Waals surface area contributed by atoms with Gasteiger partial charge in [0, 0.05) is 32.5 Å². The fourth-order valence-electron chi connectivity index (χ4n) is 4.07. The Kier molecular flexibility index (Phi) is 6.07. The van der Waals surface area contributed by atoms with Gasteiger partial charge in [0.25, 0.3) is 10.0 Å². The topological polar surface area (TPSA) is 74.2 Å². The van der Waals surface area contributed by atoms with E-state index >= 15 is 0 Å². The molecule has 0 saturated carbocycles. The number of hydrogen-bond donors (Lipinski definition) is 1. The molecule has 5 nitrogen and oxygen atoms in total. The molecule has 3 aromatic rings. The van der Waals surface area contributed by atoms with E-state index in [-0.39, 0.29) is 10.9 Å². The molecule has 166 valence electrons. The number of hydrogen-bond acceptors (Lipinski definition) is 4. The average Bonchev–Trinajstić information content (AvgIpc) is 3.02. The van der Waals surface area contributed by atoms with E-state index in [0.29, 0.717) is 11.9 Å². The molecular weight excluding hydrogens is 496 g/mol. The first-order valence-corrected chi connectivity index (χ1v) is 13.7. The number of aryl methyl sites for hydroxylation is 1. The maximum atomic E-state index is 13.7. The van der Waals surface area contributed by atoms with Crippen LogP contribution in [-0.4, -0.2) is 21.7 Å². The van der Waals surface area contributed by atoms with Crippen molar-refractivity contribution in [3.63, 3.8) is 0 Å². The van der Waals surface area contributed by atoms with Crippen LogP contribution in [0, 0.1) is 6.92 Å². The summed E-state index contributed by atoms with van der Waals surface area (Å²) < 4.78 is 45.6. The second-order valence-corrected chi connectivity index (χ2v) is 13.7. The third-order valence-electron chi connectivity index (χ3n) is 5.64. The Morgan fingerprint density at radius 1 is 1.16 bits per heavy atom. The summed E-state index contributed by atoms with van der Waals surface area (Å²) in [4.78, 5) is 0.272. The minimum absolute atomic E-state index is 0.171. The molecular formula is C23H27BrN2O3S2. The molecule has 0 fully saturated rings. The van der Waals surface area contributed by atoms with E-state index in [0.717, 1.165) is 39.5 Å². The van der Waals surface area contributed by atoms with Crippen molar-refractivity contribution in [3.05, 3.63) is 63.8 Å². The van der Waals surface area contributed by atoms with Crippen LogP contribution in [0.2, 0.25) is 0 Å². The first kappa shape index (κ1) is 22.9. The van der Waals surface area contributed by atoms with E-state index in [4.69, 9.17) is 0 Å². The lowest BCUT2D eigenvalue weighted by Crippen LogP contribution is -2.42. The van der Waals surface area contributed by atoms with Crippen LogP contribution < -0.4 is 4.72 Å². The van der Waals surface area contributed by atoms with Crippen LogP contribution in [0.4, 0.5) is 0 Å². The van der Waals surface area contributed by atoms with Crippen molar-refractivity contribution in [2.45, 2.75) is 62.6 Å². The molecule has 1 aliphatic carbocycles. The van der Waals surface area contributed by atoms with Crippen LogP contribution in [-0.2, 0) is 27.8 Å². The normalized spacial score (nSPS) is 18.2. The highest BCUT2D eigenvalue weighted by atomic mass is 79.9. The Balaban J connectivity index is 1.94. The number of aromatic nitrogens is 1. The SMILES string of the molecule is Cc1ccc(S(=O)(=O)n2c3c(c4cc(Br)ccc42)[C@H](N[S@+]([O-])C(C)(C)C)CCC3)cc1. The smallest absolute Gasteiger partial charge is 0.268 e. The molecule has 0 aliphatic heterocycles. The third kappa shape index (κ3) is 4.20. The molecule has 2 aromatic carbocycles. The quantitative estimate of drug-likeness (QED) is 0.466. The van der Waals surface area contributed by atoms with Crippen molar-refractivity contribution in [1.29, 1.82) is 0 Å². The van der Waals surface area contributed by atoms with E-state index in [9.17, 15) is 13.0 Å². The molecule has 1 aliphatic rings. The summed E-state index contributed by atoms with van der Waals surface area (Å²) in [5, 5.41) is 0.878. The van der Waals surface area contributed by atoms with Gasteiger partial charge in [0.05, 0.1) is 16.5 Å². The maximum Gasteiger partial charge on any atom is 0.268 e. The van der Waals surface area contributed by atoms with Crippen LogP contribution in [0.25, 0.3) is 10.9 Å². The molecule has 0 bridgehead atoms. The molecule has 0 saturated heterocycles. The highest BCUT2D eigenvalue weighted by Crippen LogP contribution is 2.41. The summed E-state index contributed by atoms with van der Waals surface area (Å²) in [7, 11) is -3.78. The van der Waals surface area contributed by atoms with Crippen molar-refractivity contribution in [1.82, 2.24) is 8.69 Å². The van der Waals surface area contributed by atoms with Crippen molar-refractivity contribution in [2.24, 2.45) is 0 Å². The molecule has 1 N–H and O–H groups in total. The molecule has 0 spiro atoms. The van der Waals surface area contributed by atoms with Crippen molar-refractivity contribution in [2.75, 3.05) is 0 Å². The number of benzene rings is 2. The van der Waals surface area contributed by atoms with E-state index in [2.05, 4.69) is 20.7 Å². The molecule has 0 radical (unpaired) electrons. The maximum absolute atomic E-state index is 13.7. The fraction of sp³-hybridized carbons (Fsp3) is 0.391. The van der Waals surface area contributed by atoms with Crippen LogP contribution in [0.5, 0.6) is 0 Å². The van der Waals surface area contributed by atoms with Crippen molar-refractivity contribution >= 4 is 48.2 Å². The molecule has 0 amide bonds. The third-order valence-corrected chi connectivity index (χ3v) is 9.51. The lowest BCUT2D eigenvalue weighted by molar-refractivity contribution is 0.488. The van der Waals surface area contributed by atoms with E-state index in [1.807, 2.05) is 58.0 Å². The minimum atomic E-state index is -3.78. The monoisotopic (exact) mass is 522 g/mol. The summed E-state index contributed by atoms with van der Waals surface area (Å²) in [6, 6.07) is 12.5. The molecule has 1 heterocycles. The molecule has 8 heteroatoms. The van der Waals surface area contributed by atoms with Gasteiger partial charge in [-0.15, -0.1) is 4.72 Å². The van der Waals surface area contributed by atoms with Gasteiger partial charge in [0.15, 0.2) is 0 Å². The Morgan fingerprint density at radius 2 is 1.84 bits per heavy atom. The van der Waals surface area contributed by atoms with Gasteiger partial charge in [-0.1, -0.05) is 33.6 Å². The summed E-state index contributed by atoms with van der Waals surface area (Å²) in [5.74, 6) is 0. The van der Waals surface area contributed by atoms with E-state index < -0.39 is 26.1 Å². The van der Waals surface area contributed by atoms with Crippen LogP contribution in [0.1, 0.15) is 56.5 Å². The Hall–Kier alpha value is -1.32. The molecule has 1 aromatic heterocycles. The lowest BCUT2D eigenvalue weighted by atomic mass is 9.91. The fourth-order valence-corrected chi connectivity index (χ4v) is 6.87. The van der Waals surface area contributed by atoms with Gasteiger partial charge in [-0.25, -0.2) is 12.4 Å². The Bertz CT molecular complexity index is 1230. The largest absolute Gasteiger partial charge is 0.598 e. The summed E-state index contributed by atoms with van der Waals surface area (Å²) in [6.45, 7) is 7.73. The minimum Gasteiger partial charge on any atom is -0.598 e. The van der Waals surface area contributed by atoms with Gasteiger partial charge in [-0.2, -0.15) is 0 Å².